The minimum atomic E-state index is -0.348. The zero-order valence-electron chi connectivity index (χ0n) is 28.8. The summed E-state index contributed by atoms with van der Waals surface area (Å²) >= 11 is 0. The molecule has 8 nitrogen and oxygen atoms in total. The highest BCUT2D eigenvalue weighted by atomic mass is 16.5. The summed E-state index contributed by atoms with van der Waals surface area (Å²) < 4.78 is 5.39. The molecule has 4 aliphatic carbocycles. The fourth-order valence-electron chi connectivity index (χ4n) is 10.5. The summed E-state index contributed by atoms with van der Waals surface area (Å²) in [5, 5.41) is 34.5. The van der Waals surface area contributed by atoms with Crippen molar-refractivity contribution in [3.05, 3.63) is 0 Å². The molecular formula is C36H68N4O4. The van der Waals surface area contributed by atoms with E-state index >= 15 is 0 Å². The van der Waals surface area contributed by atoms with Crippen LogP contribution in [0.2, 0.25) is 0 Å². The molecule has 44 heavy (non-hydrogen) atoms. The molecule has 0 radical (unpaired) electrons. The summed E-state index contributed by atoms with van der Waals surface area (Å²) in [4.78, 5) is 12.3. The van der Waals surface area contributed by atoms with Crippen LogP contribution in [0.15, 0.2) is 0 Å². The fourth-order valence-corrected chi connectivity index (χ4v) is 10.5. The highest BCUT2D eigenvalue weighted by Crippen LogP contribution is 2.68. The number of aliphatic hydroxyl groups is 2. The van der Waals surface area contributed by atoms with E-state index in [4.69, 9.17) is 10.5 Å². The van der Waals surface area contributed by atoms with E-state index in [1.165, 1.54) is 12.8 Å². The van der Waals surface area contributed by atoms with Gasteiger partial charge in [0.1, 0.15) is 0 Å². The van der Waals surface area contributed by atoms with Crippen LogP contribution in [0.25, 0.3) is 0 Å². The minimum Gasteiger partial charge on any atom is -0.463 e. The fraction of sp³-hybridized carbons (Fsp3) is 0.972. The molecular weight excluding hydrogens is 552 g/mol. The number of hydrogen-bond acceptors (Lipinski definition) is 8. The van der Waals surface area contributed by atoms with Gasteiger partial charge >= 0.3 is 5.97 Å². The zero-order valence-corrected chi connectivity index (χ0v) is 28.8. The van der Waals surface area contributed by atoms with Crippen molar-refractivity contribution in [2.75, 3.05) is 39.3 Å². The molecule has 7 N–H and O–H groups in total. The first-order valence-corrected chi connectivity index (χ1v) is 18.4. The predicted molar refractivity (Wildman–Crippen MR) is 178 cm³/mol. The number of carbonyl (C=O) groups is 1. The van der Waals surface area contributed by atoms with E-state index in [1.807, 2.05) is 13.8 Å². The smallest absolute Gasteiger partial charge is 0.306 e. The zero-order chi connectivity index (χ0) is 31.9. The molecule has 0 bridgehead atoms. The lowest BCUT2D eigenvalue weighted by Crippen LogP contribution is -2.62. The molecule has 0 heterocycles. The lowest BCUT2D eigenvalue weighted by Gasteiger charge is -2.63. The molecule has 0 aromatic heterocycles. The van der Waals surface area contributed by atoms with Crippen LogP contribution in [-0.4, -0.2) is 79.8 Å². The SMILES string of the molecule is CC(C)OC(=O)CC[C@@H](C)C1CCC2C3C(C[C@H](O)[C@@]21C)[C@@]1(C)CC[C@H](NCCCNCCCNCCCN)CC1C[C@H]3O. The highest BCUT2D eigenvalue weighted by molar-refractivity contribution is 5.69. The summed E-state index contributed by atoms with van der Waals surface area (Å²) in [5.41, 5.74) is 5.53. The number of esters is 1. The Hall–Kier alpha value is -0.770. The first-order valence-electron chi connectivity index (χ1n) is 18.4. The maximum Gasteiger partial charge on any atom is 0.306 e. The van der Waals surface area contributed by atoms with Gasteiger partial charge in [0.2, 0.25) is 0 Å². The van der Waals surface area contributed by atoms with E-state index < -0.39 is 0 Å². The van der Waals surface area contributed by atoms with Gasteiger partial charge in [0, 0.05) is 12.5 Å². The number of nitrogens with one attached hydrogen (secondary N) is 3. The van der Waals surface area contributed by atoms with Crippen molar-refractivity contribution in [3.8, 4) is 0 Å². The molecule has 4 rings (SSSR count). The van der Waals surface area contributed by atoms with Crippen LogP contribution in [0.1, 0.15) is 112 Å². The van der Waals surface area contributed by atoms with E-state index in [9.17, 15) is 15.0 Å². The van der Waals surface area contributed by atoms with Gasteiger partial charge < -0.3 is 36.6 Å². The van der Waals surface area contributed by atoms with E-state index in [1.54, 1.807) is 0 Å². The molecule has 4 fully saturated rings. The number of rotatable bonds is 17. The van der Waals surface area contributed by atoms with Gasteiger partial charge in [0.05, 0.1) is 18.3 Å². The maximum absolute atomic E-state index is 12.3. The summed E-state index contributed by atoms with van der Waals surface area (Å²) in [6.07, 6.45) is 11.3. The van der Waals surface area contributed by atoms with Gasteiger partial charge in [0.15, 0.2) is 0 Å². The van der Waals surface area contributed by atoms with Crippen molar-refractivity contribution in [2.24, 2.45) is 52.1 Å². The van der Waals surface area contributed by atoms with Crippen molar-refractivity contribution in [1.29, 1.82) is 0 Å². The van der Waals surface area contributed by atoms with Gasteiger partial charge in [-0.3, -0.25) is 4.79 Å². The molecule has 5 unspecified atom stereocenters. The molecule has 4 saturated carbocycles. The molecule has 0 saturated heterocycles. The van der Waals surface area contributed by atoms with Crippen molar-refractivity contribution in [3.63, 3.8) is 0 Å². The monoisotopic (exact) mass is 621 g/mol. The van der Waals surface area contributed by atoms with Gasteiger partial charge in [-0.1, -0.05) is 20.8 Å². The van der Waals surface area contributed by atoms with E-state index in [-0.39, 0.29) is 41.0 Å². The van der Waals surface area contributed by atoms with Crippen LogP contribution in [0, 0.1) is 46.3 Å². The van der Waals surface area contributed by atoms with Crippen LogP contribution in [0.3, 0.4) is 0 Å². The van der Waals surface area contributed by atoms with Gasteiger partial charge in [-0.2, -0.15) is 0 Å². The van der Waals surface area contributed by atoms with Crippen molar-refractivity contribution in [1.82, 2.24) is 16.0 Å². The topological polar surface area (TPSA) is 129 Å². The second-order valence-corrected chi connectivity index (χ2v) is 15.9. The summed E-state index contributed by atoms with van der Waals surface area (Å²) in [7, 11) is 0. The molecule has 8 heteroatoms. The van der Waals surface area contributed by atoms with Crippen LogP contribution in [0.4, 0.5) is 0 Å². The molecule has 11 atom stereocenters. The van der Waals surface area contributed by atoms with Gasteiger partial charge in [-0.05, 0) is 170 Å². The maximum atomic E-state index is 12.3. The first kappa shape index (κ1) is 36.1. The summed E-state index contributed by atoms with van der Waals surface area (Å²) in [6.45, 7) is 16.8. The quantitative estimate of drug-likeness (QED) is 0.105. The lowest BCUT2D eigenvalue weighted by atomic mass is 9.43. The van der Waals surface area contributed by atoms with E-state index in [2.05, 4.69) is 36.7 Å². The Labute approximate surface area is 268 Å². The van der Waals surface area contributed by atoms with Crippen molar-refractivity contribution in [2.45, 2.75) is 136 Å². The van der Waals surface area contributed by atoms with Crippen LogP contribution >= 0.6 is 0 Å². The van der Waals surface area contributed by atoms with Crippen molar-refractivity contribution < 1.29 is 19.7 Å². The van der Waals surface area contributed by atoms with Gasteiger partial charge in [-0.25, -0.2) is 0 Å². The third-order valence-corrected chi connectivity index (χ3v) is 12.9. The average Bonchev–Trinajstić information content (AvgIpc) is 3.34. The van der Waals surface area contributed by atoms with Crippen LogP contribution in [-0.2, 0) is 9.53 Å². The predicted octanol–water partition coefficient (Wildman–Crippen LogP) is 4.22. The molecule has 0 amide bonds. The number of nitrogens with two attached hydrogens (primary N) is 1. The molecule has 0 aromatic rings. The molecule has 0 aliphatic heterocycles. The number of fused-ring (bicyclic) bond motifs is 5. The lowest BCUT2D eigenvalue weighted by molar-refractivity contribution is -0.202. The summed E-state index contributed by atoms with van der Waals surface area (Å²) in [5.74, 6) is 2.13. The molecule has 0 aromatic carbocycles. The Morgan fingerprint density at radius 3 is 2.27 bits per heavy atom. The minimum absolute atomic E-state index is 0.0793. The third kappa shape index (κ3) is 8.20. The Morgan fingerprint density at radius 1 is 0.909 bits per heavy atom. The highest BCUT2D eigenvalue weighted by Gasteiger charge is 2.65. The Bertz CT molecular complexity index is 890. The van der Waals surface area contributed by atoms with Crippen LogP contribution < -0.4 is 21.7 Å². The normalized spacial score (nSPS) is 39.0. The Kier molecular flexibility index (Phi) is 13.4. The van der Waals surface area contributed by atoms with E-state index in [0.29, 0.717) is 42.1 Å². The van der Waals surface area contributed by atoms with Gasteiger partial charge in [-0.15, -0.1) is 0 Å². The number of ether oxygens (including phenoxy) is 1. The second kappa shape index (κ2) is 16.4. The number of hydrogen-bond donors (Lipinski definition) is 6. The number of carbonyl (C=O) groups excluding carboxylic acids is 1. The van der Waals surface area contributed by atoms with Gasteiger partial charge in [0.25, 0.3) is 0 Å². The first-order chi connectivity index (χ1) is 21.0. The average molecular weight is 621 g/mol. The number of aliphatic hydroxyl groups excluding tert-OH is 2. The Balaban J connectivity index is 1.26. The van der Waals surface area contributed by atoms with Crippen molar-refractivity contribution >= 4 is 5.97 Å². The van der Waals surface area contributed by atoms with E-state index in [0.717, 1.165) is 97.1 Å². The molecule has 4 aliphatic rings. The third-order valence-electron chi connectivity index (χ3n) is 12.9. The second-order valence-electron chi connectivity index (χ2n) is 15.9. The largest absolute Gasteiger partial charge is 0.463 e. The molecule has 0 spiro atoms. The van der Waals surface area contributed by atoms with Crippen LogP contribution in [0.5, 0.6) is 0 Å². The Morgan fingerprint density at radius 2 is 1.59 bits per heavy atom. The molecule has 256 valence electrons. The summed E-state index contributed by atoms with van der Waals surface area (Å²) in [6, 6.07) is 0.529. The standard InChI is InChI=1S/C36H68N4O4/c1-24(2)44-33(43)12-9-25(3)28-10-11-29-34-30(23-32(42)36(28,29)5)35(4)14-13-27(21-26(35)22-31(34)41)40-20-8-19-39-18-7-17-38-16-6-15-37/h24-32,34,38-42H,6-23,37H2,1-5H3/t25-,26?,27+,28?,29?,30?,31-,32+,34?,35+,36-/m1/s1.